The Morgan fingerprint density at radius 2 is 2.37 bits per heavy atom. The number of nitrogens with two attached hydrogens (primary N) is 1. The van der Waals surface area contributed by atoms with Gasteiger partial charge in [0.05, 0.1) is 0 Å². The van der Waals surface area contributed by atoms with E-state index in [1.165, 1.54) is 11.1 Å². The third kappa shape index (κ3) is 2.61. The van der Waals surface area contributed by atoms with Crippen molar-refractivity contribution < 1.29 is 9.26 Å². The molecular weight excluding hydrogens is 242 g/mol. The summed E-state index contributed by atoms with van der Waals surface area (Å²) in [5, 5.41) is 3.73. The van der Waals surface area contributed by atoms with Crippen molar-refractivity contribution in [2.24, 2.45) is 5.73 Å². The highest BCUT2D eigenvalue weighted by Gasteiger charge is 2.17. The van der Waals surface area contributed by atoms with Gasteiger partial charge in [-0.1, -0.05) is 11.2 Å². The highest BCUT2D eigenvalue weighted by molar-refractivity contribution is 5.38. The summed E-state index contributed by atoms with van der Waals surface area (Å²) in [6.07, 6.45) is 3.27. The highest BCUT2D eigenvalue weighted by atomic mass is 16.5. The van der Waals surface area contributed by atoms with Gasteiger partial charge in [0.1, 0.15) is 5.75 Å². The number of aryl methyl sites for hydroxylation is 2. The third-order valence-corrected chi connectivity index (χ3v) is 3.41. The Kier molecular flexibility index (Phi) is 3.21. The zero-order valence-electron chi connectivity index (χ0n) is 10.9. The molecule has 1 unspecified atom stereocenters. The van der Waals surface area contributed by atoms with Crippen LogP contribution in [0.25, 0.3) is 0 Å². The summed E-state index contributed by atoms with van der Waals surface area (Å²) in [5.41, 5.74) is 8.62. The summed E-state index contributed by atoms with van der Waals surface area (Å²) >= 11 is 0. The van der Waals surface area contributed by atoms with Crippen molar-refractivity contribution in [3.63, 3.8) is 0 Å². The van der Waals surface area contributed by atoms with E-state index in [1.54, 1.807) is 6.92 Å². The molecule has 5 nitrogen and oxygen atoms in total. The van der Waals surface area contributed by atoms with Crippen LogP contribution in [0.15, 0.2) is 22.7 Å². The van der Waals surface area contributed by atoms with Gasteiger partial charge in [0.2, 0.25) is 0 Å². The van der Waals surface area contributed by atoms with Gasteiger partial charge in [0.15, 0.2) is 12.4 Å². The maximum atomic E-state index is 6.09. The van der Waals surface area contributed by atoms with Crippen molar-refractivity contribution >= 4 is 0 Å². The smallest absolute Gasteiger partial charge is 0.264 e. The molecule has 0 spiro atoms. The Hall–Kier alpha value is -1.88. The van der Waals surface area contributed by atoms with Gasteiger partial charge in [-0.15, -0.1) is 0 Å². The molecule has 1 aromatic carbocycles. The lowest BCUT2D eigenvalue weighted by Gasteiger charge is -2.22. The molecule has 0 amide bonds. The standard InChI is InChI=1S/C14H17N3O2/c1-9-16-14(19-17-9)8-18-11-5-6-12-10(7-11)3-2-4-13(12)15/h5-7,13H,2-4,8,15H2,1H3. The number of nitrogens with zero attached hydrogens (tertiary/aromatic N) is 2. The first kappa shape index (κ1) is 12.2. The molecule has 0 radical (unpaired) electrons. The Bertz CT molecular complexity index is 580. The molecule has 100 valence electrons. The van der Waals surface area contributed by atoms with Gasteiger partial charge in [-0.3, -0.25) is 0 Å². The molecule has 0 fully saturated rings. The molecule has 0 aliphatic heterocycles. The number of hydrogen-bond acceptors (Lipinski definition) is 5. The lowest BCUT2D eigenvalue weighted by molar-refractivity contribution is 0.242. The van der Waals surface area contributed by atoms with E-state index >= 15 is 0 Å². The molecule has 1 aliphatic carbocycles. The maximum Gasteiger partial charge on any atom is 0.264 e. The van der Waals surface area contributed by atoms with Crippen LogP contribution in [0, 0.1) is 6.92 Å². The van der Waals surface area contributed by atoms with Crippen LogP contribution >= 0.6 is 0 Å². The van der Waals surface area contributed by atoms with Crippen molar-refractivity contribution in [3.05, 3.63) is 41.0 Å². The van der Waals surface area contributed by atoms with Crippen molar-refractivity contribution in [1.82, 2.24) is 10.1 Å². The third-order valence-electron chi connectivity index (χ3n) is 3.41. The molecule has 19 heavy (non-hydrogen) atoms. The first-order valence-electron chi connectivity index (χ1n) is 6.53. The lowest BCUT2D eigenvalue weighted by Crippen LogP contribution is -2.17. The first-order valence-corrected chi connectivity index (χ1v) is 6.53. The zero-order chi connectivity index (χ0) is 13.2. The average molecular weight is 259 g/mol. The molecule has 5 heteroatoms. The van der Waals surface area contributed by atoms with Crippen LogP contribution in [-0.4, -0.2) is 10.1 Å². The van der Waals surface area contributed by atoms with Gasteiger partial charge in [-0.2, -0.15) is 4.98 Å². The van der Waals surface area contributed by atoms with E-state index in [4.69, 9.17) is 15.0 Å². The molecule has 3 rings (SSSR count). The summed E-state index contributed by atoms with van der Waals surface area (Å²) in [6.45, 7) is 2.08. The monoisotopic (exact) mass is 259 g/mol. The van der Waals surface area contributed by atoms with Crippen LogP contribution < -0.4 is 10.5 Å². The zero-order valence-corrected chi connectivity index (χ0v) is 10.9. The van der Waals surface area contributed by atoms with Gasteiger partial charge in [-0.25, -0.2) is 0 Å². The molecule has 0 saturated carbocycles. The second kappa shape index (κ2) is 5.01. The van der Waals surface area contributed by atoms with E-state index in [9.17, 15) is 0 Å². The van der Waals surface area contributed by atoms with E-state index in [-0.39, 0.29) is 6.04 Å². The van der Waals surface area contributed by atoms with Crippen LogP contribution in [0.3, 0.4) is 0 Å². The maximum absolute atomic E-state index is 6.09. The van der Waals surface area contributed by atoms with Gasteiger partial charge in [-0.05, 0) is 49.4 Å². The quantitative estimate of drug-likeness (QED) is 0.915. The van der Waals surface area contributed by atoms with Gasteiger partial charge in [0, 0.05) is 6.04 Å². The Morgan fingerprint density at radius 3 is 3.16 bits per heavy atom. The lowest BCUT2D eigenvalue weighted by atomic mass is 9.88. The molecule has 0 bridgehead atoms. The average Bonchev–Trinajstić information content (AvgIpc) is 2.82. The molecule has 1 aliphatic rings. The SMILES string of the molecule is Cc1noc(COc2ccc3c(c2)CCCC3N)n1. The Morgan fingerprint density at radius 1 is 1.47 bits per heavy atom. The minimum Gasteiger partial charge on any atom is -0.484 e. The number of benzene rings is 1. The van der Waals surface area contributed by atoms with Gasteiger partial charge >= 0.3 is 0 Å². The van der Waals surface area contributed by atoms with Gasteiger partial charge in [0.25, 0.3) is 5.89 Å². The molecule has 1 atom stereocenters. The van der Waals surface area contributed by atoms with Crippen LogP contribution in [0.1, 0.15) is 41.7 Å². The summed E-state index contributed by atoms with van der Waals surface area (Å²) in [7, 11) is 0. The van der Waals surface area contributed by atoms with E-state index < -0.39 is 0 Å². The molecule has 2 N–H and O–H groups in total. The summed E-state index contributed by atoms with van der Waals surface area (Å²) in [4.78, 5) is 4.10. The van der Waals surface area contributed by atoms with E-state index in [0.29, 0.717) is 18.3 Å². The fourth-order valence-electron chi connectivity index (χ4n) is 2.46. The first-order chi connectivity index (χ1) is 9.22. The van der Waals surface area contributed by atoms with E-state index in [1.807, 2.05) is 6.07 Å². The van der Waals surface area contributed by atoms with Crippen molar-refractivity contribution in [3.8, 4) is 5.75 Å². The predicted octanol–water partition coefficient (Wildman–Crippen LogP) is 2.29. The van der Waals surface area contributed by atoms with Crippen molar-refractivity contribution in [2.45, 2.75) is 38.8 Å². The van der Waals surface area contributed by atoms with Gasteiger partial charge < -0.3 is 15.0 Å². The predicted molar refractivity (Wildman–Crippen MR) is 69.7 cm³/mol. The molecule has 2 aromatic rings. The minimum atomic E-state index is 0.163. The normalized spacial score (nSPS) is 18.1. The van der Waals surface area contributed by atoms with E-state index in [2.05, 4.69) is 22.3 Å². The van der Waals surface area contributed by atoms with Crippen LogP contribution in [0.4, 0.5) is 0 Å². The fourth-order valence-corrected chi connectivity index (χ4v) is 2.46. The van der Waals surface area contributed by atoms with Crippen LogP contribution in [-0.2, 0) is 13.0 Å². The second-order valence-electron chi connectivity index (χ2n) is 4.88. The topological polar surface area (TPSA) is 74.2 Å². The van der Waals surface area contributed by atoms with Crippen molar-refractivity contribution in [2.75, 3.05) is 0 Å². The second-order valence-corrected chi connectivity index (χ2v) is 4.88. The fraction of sp³-hybridized carbons (Fsp3) is 0.429. The van der Waals surface area contributed by atoms with Crippen molar-refractivity contribution in [1.29, 1.82) is 0 Å². The van der Waals surface area contributed by atoms with Crippen LogP contribution in [0.2, 0.25) is 0 Å². The number of aromatic nitrogens is 2. The number of fused-ring (bicyclic) bond motifs is 1. The molecule has 1 heterocycles. The Labute approximate surface area is 111 Å². The summed E-state index contributed by atoms with van der Waals surface area (Å²) in [6, 6.07) is 6.25. The number of ether oxygens (including phenoxy) is 1. The molecule has 0 saturated heterocycles. The molecule has 1 aromatic heterocycles. The summed E-state index contributed by atoms with van der Waals surface area (Å²) in [5.74, 6) is 1.94. The largest absolute Gasteiger partial charge is 0.484 e. The summed E-state index contributed by atoms with van der Waals surface area (Å²) < 4.78 is 10.7. The number of hydrogen-bond donors (Lipinski definition) is 1. The highest BCUT2D eigenvalue weighted by Crippen LogP contribution is 2.30. The minimum absolute atomic E-state index is 0.163. The number of rotatable bonds is 3. The van der Waals surface area contributed by atoms with E-state index in [0.717, 1.165) is 25.0 Å². The molecular formula is C14H17N3O2. The van der Waals surface area contributed by atoms with Crippen LogP contribution in [0.5, 0.6) is 5.75 Å². The Balaban J connectivity index is 1.72.